The molecule has 148 valence electrons. The van der Waals surface area contributed by atoms with E-state index in [1.807, 2.05) is 36.4 Å². The molecule has 0 saturated carbocycles. The molecular formula is C21H21N5O3. The molecule has 0 aliphatic carbocycles. The molecule has 3 heterocycles. The van der Waals surface area contributed by atoms with Gasteiger partial charge < -0.3 is 19.1 Å². The van der Waals surface area contributed by atoms with E-state index in [0.717, 1.165) is 5.56 Å². The molecule has 8 nitrogen and oxygen atoms in total. The Balaban J connectivity index is 1.44. The fourth-order valence-corrected chi connectivity index (χ4v) is 3.63. The highest BCUT2D eigenvalue weighted by Gasteiger charge is 2.42. The Morgan fingerprint density at radius 3 is 2.76 bits per heavy atom. The number of benzene rings is 1. The first-order chi connectivity index (χ1) is 14.1. The van der Waals surface area contributed by atoms with Crippen LogP contribution in [0.2, 0.25) is 0 Å². The van der Waals surface area contributed by atoms with E-state index >= 15 is 0 Å². The van der Waals surface area contributed by atoms with Crippen molar-refractivity contribution in [3.8, 4) is 6.07 Å². The molecule has 0 radical (unpaired) electrons. The number of nitrogens with zero attached hydrogens (tertiary/aromatic N) is 4. The van der Waals surface area contributed by atoms with Crippen LogP contribution in [0.1, 0.15) is 46.2 Å². The normalized spacial score (nSPS) is 15.8. The van der Waals surface area contributed by atoms with Crippen molar-refractivity contribution in [2.45, 2.75) is 24.9 Å². The zero-order valence-corrected chi connectivity index (χ0v) is 16.1. The highest BCUT2D eigenvalue weighted by Crippen LogP contribution is 2.35. The minimum atomic E-state index is -0.700. The number of amides is 1. The maximum absolute atomic E-state index is 12.7. The predicted molar refractivity (Wildman–Crippen MR) is 103 cm³/mol. The lowest BCUT2D eigenvalue weighted by Crippen LogP contribution is -2.46. The molecule has 29 heavy (non-hydrogen) atoms. The number of nitriles is 1. The van der Waals surface area contributed by atoms with Crippen LogP contribution < -0.4 is 0 Å². The summed E-state index contributed by atoms with van der Waals surface area (Å²) in [7, 11) is 1.63. The lowest BCUT2D eigenvalue weighted by molar-refractivity contribution is -0.0779. The Kier molecular flexibility index (Phi) is 5.14. The summed E-state index contributed by atoms with van der Waals surface area (Å²) in [6, 6.07) is 13.5. The Hall–Kier alpha value is -3.44. The number of likely N-dealkylation sites (tertiary alicyclic amines) is 1. The van der Waals surface area contributed by atoms with Crippen LogP contribution in [0.4, 0.5) is 0 Å². The van der Waals surface area contributed by atoms with Gasteiger partial charge in [0, 0.05) is 45.7 Å². The van der Waals surface area contributed by atoms with Gasteiger partial charge in [-0.15, -0.1) is 0 Å². The fourth-order valence-electron chi connectivity index (χ4n) is 3.63. The minimum absolute atomic E-state index is 0.109. The van der Waals surface area contributed by atoms with E-state index in [1.165, 1.54) is 0 Å². The lowest BCUT2D eigenvalue weighted by Gasteiger charge is -2.38. The van der Waals surface area contributed by atoms with Gasteiger partial charge in [0.2, 0.25) is 0 Å². The second-order valence-electron chi connectivity index (χ2n) is 7.08. The van der Waals surface area contributed by atoms with Gasteiger partial charge in [-0.25, -0.2) is 0 Å². The highest BCUT2D eigenvalue weighted by atomic mass is 16.5. The van der Waals surface area contributed by atoms with Crippen LogP contribution in [0, 0.1) is 11.3 Å². The van der Waals surface area contributed by atoms with Crippen molar-refractivity contribution in [3.63, 3.8) is 0 Å². The Morgan fingerprint density at radius 2 is 2.10 bits per heavy atom. The van der Waals surface area contributed by atoms with E-state index in [-0.39, 0.29) is 5.91 Å². The van der Waals surface area contributed by atoms with Crippen LogP contribution in [0.15, 0.2) is 47.1 Å². The molecule has 0 bridgehead atoms. The smallest absolute Gasteiger partial charge is 0.259 e. The number of methoxy groups -OCH3 is 1. The molecule has 1 fully saturated rings. The largest absolute Gasteiger partial charge is 0.368 e. The van der Waals surface area contributed by atoms with Gasteiger partial charge in [0.15, 0.2) is 5.82 Å². The van der Waals surface area contributed by atoms with Crippen molar-refractivity contribution in [1.29, 1.82) is 5.26 Å². The van der Waals surface area contributed by atoms with Crippen molar-refractivity contribution >= 4 is 5.91 Å². The number of nitrogens with one attached hydrogen (secondary N) is 1. The molecule has 1 amide bonds. The molecule has 3 aromatic rings. The molecule has 1 aliphatic rings. The van der Waals surface area contributed by atoms with Crippen molar-refractivity contribution < 1.29 is 14.1 Å². The Bertz CT molecular complexity index is 1030. The van der Waals surface area contributed by atoms with Crippen molar-refractivity contribution in [3.05, 3.63) is 71.1 Å². The zero-order chi connectivity index (χ0) is 20.3. The number of H-pyrrole nitrogens is 1. The third-order valence-corrected chi connectivity index (χ3v) is 5.36. The molecule has 0 atom stereocenters. The number of aromatic amines is 1. The van der Waals surface area contributed by atoms with E-state index in [9.17, 15) is 4.79 Å². The number of aromatic nitrogens is 3. The standard InChI is InChI=1S/C21H21N5O3/c1-28-21(20-24-18(25-29-20)11-15-5-3-2-4-6-15)7-9-26(10-8-21)19(27)16-12-17(13-22)23-14-16/h2-6,12,14,23H,7-11H2,1H3. The molecule has 1 aromatic carbocycles. The number of ether oxygens (including phenoxy) is 1. The Morgan fingerprint density at radius 1 is 1.34 bits per heavy atom. The van der Waals surface area contributed by atoms with Gasteiger partial charge >= 0.3 is 0 Å². The summed E-state index contributed by atoms with van der Waals surface area (Å²) in [6.07, 6.45) is 3.26. The molecule has 1 saturated heterocycles. The quantitative estimate of drug-likeness (QED) is 0.716. The molecular weight excluding hydrogens is 370 g/mol. The SMILES string of the molecule is COC1(c2nc(Cc3ccccc3)no2)CCN(C(=O)c2c[nH]c(C#N)c2)CC1. The van der Waals surface area contributed by atoms with Crippen molar-refractivity contribution in [1.82, 2.24) is 20.0 Å². The van der Waals surface area contributed by atoms with E-state index in [2.05, 4.69) is 15.1 Å². The third kappa shape index (κ3) is 3.77. The Labute approximate surface area is 168 Å². The highest BCUT2D eigenvalue weighted by molar-refractivity contribution is 5.94. The van der Waals surface area contributed by atoms with Crippen molar-refractivity contribution in [2.24, 2.45) is 0 Å². The predicted octanol–water partition coefficient (Wildman–Crippen LogP) is 2.64. The van der Waals surface area contributed by atoms with Crippen LogP contribution >= 0.6 is 0 Å². The van der Waals surface area contributed by atoms with Gasteiger partial charge in [0.05, 0.1) is 5.56 Å². The van der Waals surface area contributed by atoms with E-state index < -0.39 is 5.60 Å². The summed E-state index contributed by atoms with van der Waals surface area (Å²) in [5, 5.41) is 13.0. The van der Waals surface area contributed by atoms with Crippen LogP contribution in [-0.4, -0.2) is 46.1 Å². The third-order valence-electron chi connectivity index (χ3n) is 5.36. The maximum atomic E-state index is 12.7. The lowest BCUT2D eigenvalue weighted by atomic mass is 9.90. The van der Waals surface area contributed by atoms with Gasteiger partial charge in [-0.2, -0.15) is 10.2 Å². The monoisotopic (exact) mass is 391 g/mol. The second kappa shape index (κ2) is 7.89. The average Bonchev–Trinajstić information content (AvgIpc) is 3.44. The molecule has 0 spiro atoms. The number of hydrogen-bond acceptors (Lipinski definition) is 6. The minimum Gasteiger partial charge on any atom is -0.368 e. The van der Waals surface area contributed by atoms with Crippen LogP contribution in [-0.2, 0) is 16.8 Å². The number of rotatable bonds is 5. The topological polar surface area (TPSA) is 108 Å². The first kappa shape index (κ1) is 18.9. The van der Waals surface area contributed by atoms with Crippen molar-refractivity contribution in [2.75, 3.05) is 20.2 Å². The molecule has 0 unspecified atom stereocenters. The van der Waals surface area contributed by atoms with E-state index in [0.29, 0.717) is 55.3 Å². The van der Waals surface area contributed by atoms with Crippen LogP contribution in [0.25, 0.3) is 0 Å². The molecule has 8 heteroatoms. The number of hydrogen-bond donors (Lipinski definition) is 1. The molecule has 2 aromatic heterocycles. The summed E-state index contributed by atoms with van der Waals surface area (Å²) >= 11 is 0. The number of carbonyl (C=O) groups excluding carboxylic acids is 1. The number of carbonyl (C=O) groups is 1. The molecule has 1 N–H and O–H groups in total. The first-order valence-electron chi connectivity index (χ1n) is 9.43. The average molecular weight is 391 g/mol. The van der Waals surface area contributed by atoms with Gasteiger partial charge in [-0.1, -0.05) is 35.5 Å². The van der Waals surface area contributed by atoms with E-state index in [4.69, 9.17) is 14.5 Å². The molecule has 1 aliphatic heterocycles. The van der Waals surface area contributed by atoms with Gasteiger partial charge in [0.25, 0.3) is 11.8 Å². The summed E-state index contributed by atoms with van der Waals surface area (Å²) < 4.78 is 11.3. The summed E-state index contributed by atoms with van der Waals surface area (Å²) in [4.78, 5) is 21.8. The van der Waals surface area contributed by atoms with E-state index in [1.54, 1.807) is 24.3 Å². The van der Waals surface area contributed by atoms with Gasteiger partial charge in [-0.05, 0) is 11.6 Å². The first-order valence-corrected chi connectivity index (χ1v) is 9.43. The zero-order valence-electron chi connectivity index (χ0n) is 16.1. The summed E-state index contributed by atoms with van der Waals surface area (Å²) in [5.41, 5.74) is 1.26. The fraction of sp³-hybridized carbons (Fsp3) is 0.333. The van der Waals surface area contributed by atoms with Gasteiger partial charge in [-0.3, -0.25) is 4.79 Å². The summed E-state index contributed by atoms with van der Waals surface area (Å²) in [6.45, 7) is 0.992. The number of piperidine rings is 1. The second-order valence-corrected chi connectivity index (χ2v) is 7.08. The van der Waals surface area contributed by atoms with Gasteiger partial charge in [0.1, 0.15) is 17.4 Å². The molecule has 4 rings (SSSR count). The van der Waals surface area contributed by atoms with Crippen LogP contribution in [0.5, 0.6) is 0 Å². The van der Waals surface area contributed by atoms with Crippen LogP contribution in [0.3, 0.4) is 0 Å². The maximum Gasteiger partial charge on any atom is 0.259 e. The summed E-state index contributed by atoms with van der Waals surface area (Å²) in [5.74, 6) is 0.951.